The summed E-state index contributed by atoms with van der Waals surface area (Å²) in [6.07, 6.45) is -0.936. The van der Waals surface area contributed by atoms with Gasteiger partial charge in [-0.25, -0.2) is 0 Å². The van der Waals surface area contributed by atoms with Crippen LogP contribution in [0.1, 0.15) is 41.5 Å². The van der Waals surface area contributed by atoms with Gasteiger partial charge in [-0.2, -0.15) is 0 Å². The molecule has 0 saturated carbocycles. The fraction of sp³-hybridized carbons (Fsp3) is 1.00. The number of rotatable bonds is 14. The lowest BCUT2D eigenvalue weighted by atomic mass is 10.2. The molecule has 0 aromatic heterocycles. The number of hydrogen-bond donors (Lipinski definition) is 2. The molecule has 2 atom stereocenters. The van der Waals surface area contributed by atoms with Gasteiger partial charge in [0.15, 0.2) is 0 Å². The number of aliphatic hydroxyl groups is 2. The van der Waals surface area contributed by atoms with Gasteiger partial charge >= 0.3 is 0 Å². The summed E-state index contributed by atoms with van der Waals surface area (Å²) >= 11 is 0. The Labute approximate surface area is 144 Å². The molecule has 0 spiro atoms. The van der Waals surface area contributed by atoms with E-state index in [1.54, 1.807) is 0 Å². The van der Waals surface area contributed by atoms with E-state index in [2.05, 4.69) is 41.5 Å². The average Bonchev–Trinajstić information content (AvgIpc) is 2.58. The van der Waals surface area contributed by atoms with Gasteiger partial charge in [-0.1, -0.05) is 0 Å². The largest absolute Gasteiger partial charge is 0.385 e. The van der Waals surface area contributed by atoms with Gasteiger partial charge in [-0.05, 0) is 41.5 Å². The minimum atomic E-state index is -0.468. The molecule has 0 aliphatic rings. The molecule has 0 fully saturated rings. The van der Waals surface area contributed by atoms with Crippen LogP contribution in [0.5, 0.6) is 0 Å². The van der Waals surface area contributed by atoms with Gasteiger partial charge in [-0.15, -0.1) is 0 Å². The van der Waals surface area contributed by atoms with Crippen molar-refractivity contribution >= 4 is 0 Å². The molecule has 0 aliphatic carbocycles. The third-order valence-electron chi connectivity index (χ3n) is 5.84. The molecule has 23 heavy (non-hydrogen) atoms. The van der Waals surface area contributed by atoms with Crippen molar-refractivity contribution in [2.45, 2.75) is 53.8 Å². The van der Waals surface area contributed by atoms with Crippen LogP contribution >= 0.6 is 0 Å². The van der Waals surface area contributed by atoms with Gasteiger partial charge in [0.25, 0.3) is 0 Å². The molecule has 0 rings (SSSR count). The van der Waals surface area contributed by atoms with Crippen LogP contribution in [0.3, 0.4) is 0 Å². The molecule has 2 unspecified atom stereocenters. The van der Waals surface area contributed by atoms with Crippen molar-refractivity contribution in [3.63, 3.8) is 0 Å². The number of nitrogens with zero attached hydrogens (tertiary/aromatic N) is 2. The van der Waals surface area contributed by atoms with Crippen LogP contribution in [0.25, 0.3) is 0 Å². The van der Waals surface area contributed by atoms with E-state index in [1.807, 2.05) is 0 Å². The summed E-state index contributed by atoms with van der Waals surface area (Å²) in [5.74, 6) is 0. The Bertz CT molecular complexity index is 247. The highest BCUT2D eigenvalue weighted by molar-refractivity contribution is 4.58. The highest BCUT2D eigenvalue weighted by Gasteiger charge is 2.27. The molecule has 140 valence electrons. The van der Waals surface area contributed by atoms with Crippen LogP contribution in [0.2, 0.25) is 0 Å². The topological polar surface area (TPSA) is 49.7 Å². The predicted octanol–water partition coefficient (Wildman–Crippen LogP) is 1.48. The summed E-state index contributed by atoms with van der Waals surface area (Å²) in [5, 5.41) is 20.5. The molecule has 0 saturated heterocycles. The van der Waals surface area contributed by atoms with Gasteiger partial charge in [-0.3, -0.25) is 0 Å². The van der Waals surface area contributed by atoms with E-state index in [-0.39, 0.29) is 0 Å². The molecular formula is C18H42N2O3+2. The first kappa shape index (κ1) is 22.8. The zero-order valence-corrected chi connectivity index (χ0v) is 16.4. The SMILES string of the molecule is CC[N+](CC)(CC)CC(O)COCC(O)C[N+](CC)(CC)CC. The van der Waals surface area contributed by atoms with Crippen molar-refractivity contribution in [3.8, 4) is 0 Å². The first-order chi connectivity index (χ1) is 10.9. The van der Waals surface area contributed by atoms with E-state index in [0.717, 1.165) is 61.3 Å². The fourth-order valence-electron chi connectivity index (χ4n) is 3.46. The maximum absolute atomic E-state index is 10.2. The Hall–Kier alpha value is -0.200. The summed E-state index contributed by atoms with van der Waals surface area (Å²) in [4.78, 5) is 0. The fourth-order valence-corrected chi connectivity index (χ4v) is 3.46. The minimum Gasteiger partial charge on any atom is -0.385 e. The van der Waals surface area contributed by atoms with Gasteiger partial charge in [0, 0.05) is 0 Å². The molecule has 5 heteroatoms. The normalized spacial score (nSPS) is 15.7. The van der Waals surface area contributed by atoms with Gasteiger partial charge in [0.05, 0.1) is 52.5 Å². The lowest BCUT2D eigenvalue weighted by Crippen LogP contribution is -2.53. The van der Waals surface area contributed by atoms with E-state index < -0.39 is 12.2 Å². The Morgan fingerprint density at radius 1 is 0.609 bits per heavy atom. The highest BCUT2D eigenvalue weighted by Crippen LogP contribution is 2.10. The van der Waals surface area contributed by atoms with Crippen LogP contribution < -0.4 is 0 Å². The lowest BCUT2D eigenvalue weighted by molar-refractivity contribution is -0.926. The third-order valence-corrected chi connectivity index (χ3v) is 5.84. The predicted molar refractivity (Wildman–Crippen MR) is 96.3 cm³/mol. The van der Waals surface area contributed by atoms with Crippen molar-refractivity contribution in [2.75, 3.05) is 65.6 Å². The summed E-state index contributed by atoms with van der Waals surface area (Å²) in [5.41, 5.74) is 0. The van der Waals surface area contributed by atoms with Crippen molar-refractivity contribution in [3.05, 3.63) is 0 Å². The summed E-state index contributed by atoms with van der Waals surface area (Å²) < 4.78 is 7.42. The standard InChI is InChI=1S/C18H42N2O3/c1-7-19(8-2,9-3)13-17(21)15-23-16-18(22)14-20(10-4,11-5)12-6/h17-18,21-22H,7-16H2,1-6H3/q+2. The molecule has 0 heterocycles. The first-order valence-electron chi connectivity index (χ1n) is 9.50. The monoisotopic (exact) mass is 334 g/mol. The van der Waals surface area contributed by atoms with Crippen LogP contribution in [0.4, 0.5) is 0 Å². The Kier molecular flexibility index (Phi) is 11.3. The Morgan fingerprint density at radius 2 is 0.870 bits per heavy atom. The quantitative estimate of drug-likeness (QED) is 0.473. The van der Waals surface area contributed by atoms with E-state index in [4.69, 9.17) is 4.74 Å². The summed E-state index contributed by atoms with van der Waals surface area (Å²) in [6, 6.07) is 0. The second kappa shape index (κ2) is 11.4. The van der Waals surface area contributed by atoms with Crippen molar-refractivity contribution < 1.29 is 23.9 Å². The van der Waals surface area contributed by atoms with E-state index in [0.29, 0.717) is 13.2 Å². The number of quaternary nitrogens is 2. The molecule has 0 aromatic carbocycles. The summed E-state index contributed by atoms with van der Waals surface area (Å²) in [6.45, 7) is 21.2. The lowest BCUT2D eigenvalue weighted by Gasteiger charge is -2.38. The molecule has 5 nitrogen and oxygen atoms in total. The summed E-state index contributed by atoms with van der Waals surface area (Å²) in [7, 11) is 0. The molecule has 0 amide bonds. The maximum Gasteiger partial charge on any atom is 0.126 e. The zero-order chi connectivity index (χ0) is 17.9. The second-order valence-corrected chi connectivity index (χ2v) is 6.79. The van der Waals surface area contributed by atoms with E-state index >= 15 is 0 Å². The van der Waals surface area contributed by atoms with Crippen molar-refractivity contribution in [2.24, 2.45) is 0 Å². The molecular weight excluding hydrogens is 292 g/mol. The van der Waals surface area contributed by atoms with Crippen LogP contribution in [-0.2, 0) is 4.74 Å². The molecule has 0 aliphatic heterocycles. The first-order valence-corrected chi connectivity index (χ1v) is 9.50. The third kappa shape index (κ3) is 7.48. The van der Waals surface area contributed by atoms with Crippen LogP contribution in [0.15, 0.2) is 0 Å². The van der Waals surface area contributed by atoms with Crippen molar-refractivity contribution in [1.29, 1.82) is 0 Å². The Balaban J connectivity index is 4.23. The molecule has 0 aromatic rings. The Morgan fingerprint density at radius 3 is 1.09 bits per heavy atom. The maximum atomic E-state index is 10.2. The van der Waals surface area contributed by atoms with E-state index in [1.165, 1.54) is 0 Å². The average molecular weight is 335 g/mol. The van der Waals surface area contributed by atoms with E-state index in [9.17, 15) is 10.2 Å². The van der Waals surface area contributed by atoms with Gasteiger partial charge in [0.1, 0.15) is 25.3 Å². The van der Waals surface area contributed by atoms with Crippen molar-refractivity contribution in [1.82, 2.24) is 0 Å². The van der Waals surface area contributed by atoms with Gasteiger partial charge in [0.2, 0.25) is 0 Å². The van der Waals surface area contributed by atoms with Crippen LogP contribution in [-0.4, -0.2) is 97.0 Å². The number of likely N-dealkylation sites (N-methyl/N-ethyl adjacent to an activating group) is 2. The number of aliphatic hydroxyl groups excluding tert-OH is 2. The molecule has 2 N–H and O–H groups in total. The molecule has 0 bridgehead atoms. The number of ether oxygens (including phenoxy) is 1. The highest BCUT2D eigenvalue weighted by atomic mass is 16.5. The van der Waals surface area contributed by atoms with Crippen LogP contribution in [0, 0.1) is 0 Å². The zero-order valence-electron chi connectivity index (χ0n) is 16.4. The molecule has 0 radical (unpaired) electrons. The smallest absolute Gasteiger partial charge is 0.126 e. The second-order valence-electron chi connectivity index (χ2n) is 6.79. The number of hydrogen-bond acceptors (Lipinski definition) is 3. The minimum absolute atomic E-state index is 0.307. The van der Waals surface area contributed by atoms with Gasteiger partial charge < -0.3 is 23.9 Å².